The molecule has 0 unspecified atom stereocenters. The van der Waals surface area contributed by atoms with Gasteiger partial charge in [-0.15, -0.1) is 0 Å². The van der Waals surface area contributed by atoms with E-state index < -0.39 is 0 Å². The fourth-order valence-corrected chi connectivity index (χ4v) is 2.02. The van der Waals surface area contributed by atoms with Crippen LogP contribution in [0.15, 0.2) is 24.4 Å². The maximum Gasteiger partial charge on any atom is 0.251 e. The van der Waals surface area contributed by atoms with Crippen molar-refractivity contribution >= 4 is 11.6 Å². The van der Waals surface area contributed by atoms with Gasteiger partial charge in [0.2, 0.25) is 0 Å². The van der Waals surface area contributed by atoms with Crippen LogP contribution in [-0.4, -0.2) is 22.4 Å². The molecule has 106 valence electrons. The number of anilines is 1. The lowest BCUT2D eigenvalue weighted by molar-refractivity contribution is 0.0956. The molecule has 1 aromatic carbocycles. The summed E-state index contributed by atoms with van der Waals surface area (Å²) >= 11 is 0. The first-order valence-electron chi connectivity index (χ1n) is 6.73. The third-order valence-corrected chi connectivity index (χ3v) is 3.05. The van der Waals surface area contributed by atoms with Gasteiger partial charge in [0.1, 0.15) is 5.82 Å². The third kappa shape index (κ3) is 3.38. The summed E-state index contributed by atoms with van der Waals surface area (Å²) in [4.78, 5) is 19.1. The van der Waals surface area contributed by atoms with Gasteiger partial charge in [0.15, 0.2) is 0 Å². The zero-order chi connectivity index (χ0) is 14.5. The first-order chi connectivity index (χ1) is 9.60. The molecule has 3 N–H and O–H groups in total. The average molecular weight is 272 g/mol. The van der Waals surface area contributed by atoms with Crippen LogP contribution in [0, 0.1) is 13.8 Å². The van der Waals surface area contributed by atoms with E-state index in [1.165, 1.54) is 0 Å². The van der Waals surface area contributed by atoms with Crippen molar-refractivity contribution in [1.82, 2.24) is 15.3 Å². The fourth-order valence-electron chi connectivity index (χ4n) is 2.02. The molecule has 0 bridgehead atoms. The molecule has 1 amide bonds. The molecule has 5 nitrogen and oxygen atoms in total. The normalized spacial score (nSPS) is 10.3. The van der Waals surface area contributed by atoms with E-state index in [0.717, 1.165) is 22.8 Å². The van der Waals surface area contributed by atoms with Crippen LogP contribution in [-0.2, 0) is 6.54 Å². The SMILES string of the molecule is CCNC(=O)c1ccc(NCc2cnc(C)[nH]2)c(C)c1. The maximum absolute atomic E-state index is 11.7. The highest BCUT2D eigenvalue weighted by atomic mass is 16.1. The quantitative estimate of drug-likeness (QED) is 0.782. The summed E-state index contributed by atoms with van der Waals surface area (Å²) in [6.07, 6.45) is 1.82. The predicted octanol–water partition coefficient (Wildman–Crippen LogP) is 2.39. The topological polar surface area (TPSA) is 69.8 Å². The largest absolute Gasteiger partial charge is 0.379 e. The maximum atomic E-state index is 11.7. The van der Waals surface area contributed by atoms with Crippen LogP contribution in [0.25, 0.3) is 0 Å². The van der Waals surface area contributed by atoms with E-state index in [1.54, 1.807) is 0 Å². The molecule has 0 aliphatic carbocycles. The first-order valence-corrected chi connectivity index (χ1v) is 6.73. The molecule has 0 aliphatic heterocycles. The van der Waals surface area contributed by atoms with Crippen LogP contribution in [0.1, 0.15) is 34.4 Å². The Morgan fingerprint density at radius 3 is 2.75 bits per heavy atom. The van der Waals surface area contributed by atoms with Crippen molar-refractivity contribution in [2.45, 2.75) is 27.3 Å². The van der Waals surface area contributed by atoms with Crippen molar-refractivity contribution in [3.8, 4) is 0 Å². The summed E-state index contributed by atoms with van der Waals surface area (Å²) in [5.74, 6) is 0.872. The van der Waals surface area contributed by atoms with E-state index in [1.807, 2.05) is 45.2 Å². The van der Waals surface area contributed by atoms with Gasteiger partial charge in [-0.3, -0.25) is 4.79 Å². The van der Waals surface area contributed by atoms with Crippen molar-refractivity contribution in [3.63, 3.8) is 0 Å². The fraction of sp³-hybridized carbons (Fsp3) is 0.333. The molecule has 0 saturated heterocycles. The smallest absolute Gasteiger partial charge is 0.251 e. The van der Waals surface area contributed by atoms with Gasteiger partial charge in [-0.1, -0.05) is 0 Å². The van der Waals surface area contributed by atoms with Gasteiger partial charge in [-0.25, -0.2) is 4.98 Å². The summed E-state index contributed by atoms with van der Waals surface area (Å²) in [6.45, 7) is 7.14. The number of carbonyl (C=O) groups is 1. The summed E-state index contributed by atoms with van der Waals surface area (Å²) in [5.41, 5.74) is 3.79. The Hall–Kier alpha value is -2.30. The van der Waals surface area contributed by atoms with E-state index in [9.17, 15) is 4.79 Å². The minimum absolute atomic E-state index is 0.0358. The second-order valence-corrected chi connectivity index (χ2v) is 4.74. The van der Waals surface area contributed by atoms with E-state index in [4.69, 9.17) is 0 Å². The summed E-state index contributed by atoms with van der Waals surface area (Å²) in [6, 6.07) is 5.66. The monoisotopic (exact) mass is 272 g/mol. The Bertz CT molecular complexity index is 604. The van der Waals surface area contributed by atoms with E-state index in [-0.39, 0.29) is 5.91 Å². The number of carbonyl (C=O) groups excluding carboxylic acids is 1. The molecule has 0 fully saturated rings. The van der Waals surface area contributed by atoms with Crippen molar-refractivity contribution in [3.05, 3.63) is 47.0 Å². The Kier molecular flexibility index (Phi) is 4.40. The number of rotatable bonds is 5. The van der Waals surface area contributed by atoms with Gasteiger partial charge >= 0.3 is 0 Å². The van der Waals surface area contributed by atoms with Gasteiger partial charge < -0.3 is 15.6 Å². The molecule has 0 atom stereocenters. The number of nitrogens with zero attached hydrogens (tertiary/aromatic N) is 1. The number of aryl methyl sites for hydroxylation is 2. The molecular formula is C15H20N4O. The van der Waals surface area contributed by atoms with Gasteiger partial charge in [0.05, 0.1) is 18.4 Å². The lowest BCUT2D eigenvalue weighted by Crippen LogP contribution is -2.22. The molecular weight excluding hydrogens is 252 g/mol. The standard InChI is InChI=1S/C15H20N4O/c1-4-16-15(20)12-5-6-14(10(2)7-12)18-9-13-8-17-11(3)19-13/h5-8,18H,4,9H2,1-3H3,(H,16,20)(H,17,19). The lowest BCUT2D eigenvalue weighted by atomic mass is 10.1. The minimum Gasteiger partial charge on any atom is -0.379 e. The second kappa shape index (κ2) is 6.23. The number of amides is 1. The molecule has 1 heterocycles. The van der Waals surface area contributed by atoms with Gasteiger partial charge in [0, 0.05) is 17.8 Å². The highest BCUT2D eigenvalue weighted by Gasteiger charge is 2.06. The van der Waals surface area contributed by atoms with E-state index in [0.29, 0.717) is 18.7 Å². The first kappa shape index (κ1) is 14.1. The second-order valence-electron chi connectivity index (χ2n) is 4.74. The number of aromatic amines is 1. The number of benzene rings is 1. The Balaban J connectivity index is 2.04. The molecule has 0 spiro atoms. The molecule has 5 heteroatoms. The van der Waals surface area contributed by atoms with Crippen molar-refractivity contribution < 1.29 is 4.79 Å². The molecule has 0 saturated carbocycles. The van der Waals surface area contributed by atoms with Gasteiger partial charge in [-0.2, -0.15) is 0 Å². The third-order valence-electron chi connectivity index (χ3n) is 3.05. The molecule has 0 aliphatic rings. The summed E-state index contributed by atoms with van der Waals surface area (Å²) in [5, 5.41) is 6.13. The van der Waals surface area contributed by atoms with Gasteiger partial charge in [-0.05, 0) is 44.5 Å². The number of imidazole rings is 1. The minimum atomic E-state index is -0.0358. The molecule has 2 aromatic rings. The number of aromatic nitrogens is 2. The Morgan fingerprint density at radius 2 is 2.15 bits per heavy atom. The van der Waals surface area contributed by atoms with Crippen LogP contribution < -0.4 is 10.6 Å². The molecule has 1 aromatic heterocycles. The van der Waals surface area contributed by atoms with E-state index in [2.05, 4.69) is 20.6 Å². The lowest BCUT2D eigenvalue weighted by Gasteiger charge is -2.10. The Morgan fingerprint density at radius 1 is 1.35 bits per heavy atom. The Labute approximate surface area is 118 Å². The van der Waals surface area contributed by atoms with Crippen molar-refractivity contribution in [2.24, 2.45) is 0 Å². The summed E-state index contributed by atoms with van der Waals surface area (Å²) < 4.78 is 0. The van der Waals surface area contributed by atoms with Crippen LogP contribution >= 0.6 is 0 Å². The van der Waals surface area contributed by atoms with Crippen LogP contribution in [0.3, 0.4) is 0 Å². The van der Waals surface area contributed by atoms with Gasteiger partial charge in [0.25, 0.3) is 5.91 Å². The van der Waals surface area contributed by atoms with Crippen molar-refractivity contribution in [1.29, 1.82) is 0 Å². The van der Waals surface area contributed by atoms with Crippen LogP contribution in [0.4, 0.5) is 5.69 Å². The highest BCUT2D eigenvalue weighted by Crippen LogP contribution is 2.17. The number of hydrogen-bond donors (Lipinski definition) is 3. The highest BCUT2D eigenvalue weighted by molar-refractivity contribution is 5.94. The summed E-state index contributed by atoms with van der Waals surface area (Å²) in [7, 11) is 0. The molecule has 2 rings (SSSR count). The van der Waals surface area contributed by atoms with Crippen LogP contribution in [0.2, 0.25) is 0 Å². The molecule has 20 heavy (non-hydrogen) atoms. The zero-order valence-electron chi connectivity index (χ0n) is 12.1. The number of H-pyrrole nitrogens is 1. The number of hydrogen-bond acceptors (Lipinski definition) is 3. The predicted molar refractivity (Wildman–Crippen MR) is 79.8 cm³/mol. The average Bonchev–Trinajstić information content (AvgIpc) is 2.83. The molecule has 0 radical (unpaired) electrons. The van der Waals surface area contributed by atoms with Crippen molar-refractivity contribution in [2.75, 3.05) is 11.9 Å². The van der Waals surface area contributed by atoms with Crippen LogP contribution in [0.5, 0.6) is 0 Å². The van der Waals surface area contributed by atoms with E-state index >= 15 is 0 Å². The zero-order valence-corrected chi connectivity index (χ0v) is 12.1. The number of nitrogens with one attached hydrogen (secondary N) is 3.